The summed E-state index contributed by atoms with van der Waals surface area (Å²) in [6.45, 7) is 10.9. The maximum Gasteiger partial charge on any atom is 0.139 e. The Bertz CT molecular complexity index is 621. The van der Waals surface area contributed by atoms with Gasteiger partial charge in [0.15, 0.2) is 0 Å². The van der Waals surface area contributed by atoms with Gasteiger partial charge in [0.2, 0.25) is 0 Å². The van der Waals surface area contributed by atoms with E-state index < -0.39 is 5.41 Å². The van der Waals surface area contributed by atoms with Crippen molar-refractivity contribution < 1.29 is 14.3 Å². The molecule has 0 amide bonds. The summed E-state index contributed by atoms with van der Waals surface area (Å²) in [5.41, 5.74) is 0.225. The van der Waals surface area contributed by atoms with Crippen LogP contribution in [-0.4, -0.2) is 18.2 Å². The third-order valence-corrected chi connectivity index (χ3v) is 6.20. The van der Waals surface area contributed by atoms with Crippen molar-refractivity contribution in [3.63, 3.8) is 0 Å². The Morgan fingerprint density at radius 2 is 2.00 bits per heavy atom. The summed E-state index contributed by atoms with van der Waals surface area (Å²) >= 11 is 0. The number of rotatable bonds is 8. The first-order valence-electron chi connectivity index (χ1n) is 9.11. The van der Waals surface area contributed by atoms with Gasteiger partial charge in [0, 0.05) is 23.7 Å². The zero-order chi connectivity index (χ0) is 18.5. The zero-order valence-corrected chi connectivity index (χ0v) is 15.7. The molecule has 1 aliphatic carbocycles. The van der Waals surface area contributed by atoms with E-state index in [1.807, 2.05) is 43.3 Å². The van der Waals surface area contributed by atoms with E-state index in [1.54, 1.807) is 6.92 Å². The van der Waals surface area contributed by atoms with Crippen LogP contribution in [0.4, 0.5) is 0 Å². The van der Waals surface area contributed by atoms with Crippen molar-refractivity contribution in [1.29, 1.82) is 0 Å². The number of carbonyl (C=O) groups is 2. The topological polar surface area (TPSA) is 43.4 Å². The minimum atomic E-state index is -0.556. The summed E-state index contributed by atoms with van der Waals surface area (Å²) < 4.78 is 5.98. The third kappa shape index (κ3) is 4.09. The molecule has 0 heterocycles. The molecule has 1 fully saturated rings. The van der Waals surface area contributed by atoms with Gasteiger partial charge in [-0.05, 0) is 31.2 Å². The molecule has 0 spiro atoms. The highest BCUT2D eigenvalue weighted by molar-refractivity contribution is 5.87. The first kappa shape index (κ1) is 19.6. The molecule has 2 rings (SSSR count). The molecule has 1 unspecified atom stereocenters. The van der Waals surface area contributed by atoms with Crippen molar-refractivity contribution >= 4 is 11.6 Å². The number of carbonyl (C=O) groups excluding carboxylic acids is 2. The third-order valence-electron chi connectivity index (χ3n) is 6.20. The molecule has 25 heavy (non-hydrogen) atoms. The lowest BCUT2D eigenvalue weighted by atomic mass is 9.51. The number of ether oxygens (including phenoxy) is 1. The van der Waals surface area contributed by atoms with E-state index in [4.69, 9.17) is 4.74 Å². The molecule has 3 heteroatoms. The number of hydrogen-bond donors (Lipinski definition) is 0. The Balaban J connectivity index is 2.10. The van der Waals surface area contributed by atoms with Gasteiger partial charge in [-0.25, -0.2) is 0 Å². The minimum absolute atomic E-state index is 0.128. The van der Waals surface area contributed by atoms with E-state index in [-0.39, 0.29) is 22.9 Å². The summed E-state index contributed by atoms with van der Waals surface area (Å²) in [4.78, 5) is 24.2. The van der Waals surface area contributed by atoms with Gasteiger partial charge in [0.05, 0.1) is 13.2 Å². The molecule has 0 saturated heterocycles. The van der Waals surface area contributed by atoms with Gasteiger partial charge < -0.3 is 9.53 Å². The summed E-state index contributed by atoms with van der Waals surface area (Å²) in [7, 11) is 0. The molecule has 136 valence electrons. The Kier molecular flexibility index (Phi) is 6.34. The van der Waals surface area contributed by atoms with Crippen molar-refractivity contribution in [3.8, 4) is 0 Å². The van der Waals surface area contributed by atoms with Crippen molar-refractivity contribution in [3.05, 3.63) is 48.6 Å². The number of Topliss-reactive ketones (excluding diaryl/α,β-unsaturated/α-hetero) is 2. The van der Waals surface area contributed by atoms with E-state index >= 15 is 0 Å². The number of ketones is 2. The molecule has 1 aliphatic rings. The lowest BCUT2D eigenvalue weighted by Gasteiger charge is -2.52. The largest absolute Gasteiger partial charge is 0.376 e. The Morgan fingerprint density at radius 1 is 1.32 bits per heavy atom. The molecule has 0 bridgehead atoms. The Labute approximate surface area is 151 Å². The molecule has 0 aromatic heterocycles. The van der Waals surface area contributed by atoms with Crippen LogP contribution in [0.25, 0.3) is 0 Å². The van der Waals surface area contributed by atoms with Gasteiger partial charge in [0.25, 0.3) is 0 Å². The molecular formula is C22H30O3. The molecule has 0 aliphatic heterocycles. The van der Waals surface area contributed by atoms with E-state index in [0.29, 0.717) is 32.5 Å². The molecule has 0 radical (unpaired) electrons. The predicted octanol–water partition coefficient (Wildman–Crippen LogP) is 4.75. The normalized spacial score (nSPS) is 29.4. The molecule has 0 N–H and O–H groups in total. The SMILES string of the molecule is C=C[C@@]1(C)C(COCc2ccccc2)CCC(=O)[C@]1(C)CCC(C)=O. The van der Waals surface area contributed by atoms with Crippen LogP contribution in [0.1, 0.15) is 52.0 Å². The van der Waals surface area contributed by atoms with E-state index in [0.717, 1.165) is 12.0 Å². The Hall–Kier alpha value is -1.74. The van der Waals surface area contributed by atoms with Crippen LogP contribution in [0.5, 0.6) is 0 Å². The summed E-state index contributed by atoms with van der Waals surface area (Å²) in [6.07, 6.45) is 4.30. The summed E-state index contributed by atoms with van der Waals surface area (Å²) in [5, 5.41) is 0. The van der Waals surface area contributed by atoms with Crippen LogP contribution >= 0.6 is 0 Å². The number of hydrogen-bond acceptors (Lipinski definition) is 3. The molecular weight excluding hydrogens is 312 g/mol. The van der Waals surface area contributed by atoms with Crippen molar-refractivity contribution in [2.24, 2.45) is 16.7 Å². The standard InChI is InChI=1S/C22H30O3/c1-5-21(3)19(16-25-15-18-9-7-6-8-10-18)11-12-20(24)22(21,4)14-13-17(2)23/h5-10,19H,1,11-16H2,2-4H3/t19?,21-,22-/m0/s1. The molecule has 1 aromatic carbocycles. The van der Waals surface area contributed by atoms with Crippen molar-refractivity contribution in [2.75, 3.05) is 6.61 Å². The second-order valence-electron chi connectivity index (χ2n) is 7.68. The lowest BCUT2D eigenvalue weighted by Crippen LogP contribution is -2.52. The van der Waals surface area contributed by atoms with Crippen LogP contribution in [0.3, 0.4) is 0 Å². The first-order chi connectivity index (χ1) is 11.8. The van der Waals surface area contributed by atoms with Gasteiger partial charge in [-0.2, -0.15) is 0 Å². The number of benzene rings is 1. The highest BCUT2D eigenvalue weighted by Crippen LogP contribution is 2.55. The van der Waals surface area contributed by atoms with E-state index in [2.05, 4.69) is 13.5 Å². The van der Waals surface area contributed by atoms with Gasteiger partial charge in [-0.1, -0.05) is 50.3 Å². The molecule has 3 nitrogen and oxygen atoms in total. The fourth-order valence-corrected chi connectivity index (χ4v) is 4.01. The summed E-state index contributed by atoms with van der Waals surface area (Å²) in [6, 6.07) is 10.1. The molecule has 1 saturated carbocycles. The second-order valence-corrected chi connectivity index (χ2v) is 7.68. The van der Waals surface area contributed by atoms with Crippen LogP contribution < -0.4 is 0 Å². The molecule has 3 atom stereocenters. The predicted molar refractivity (Wildman–Crippen MR) is 100 cm³/mol. The first-order valence-corrected chi connectivity index (χ1v) is 9.11. The zero-order valence-electron chi connectivity index (χ0n) is 15.7. The maximum atomic E-state index is 12.7. The smallest absolute Gasteiger partial charge is 0.139 e. The lowest BCUT2D eigenvalue weighted by molar-refractivity contribution is -0.145. The van der Waals surface area contributed by atoms with E-state index in [1.165, 1.54) is 0 Å². The quantitative estimate of drug-likeness (QED) is 0.640. The molecule has 1 aromatic rings. The fourth-order valence-electron chi connectivity index (χ4n) is 4.01. The fraction of sp³-hybridized carbons (Fsp3) is 0.545. The Morgan fingerprint density at radius 3 is 2.60 bits per heavy atom. The highest BCUT2D eigenvalue weighted by Gasteiger charge is 2.54. The van der Waals surface area contributed by atoms with Crippen molar-refractivity contribution in [1.82, 2.24) is 0 Å². The maximum absolute atomic E-state index is 12.7. The number of allylic oxidation sites excluding steroid dienone is 1. The van der Waals surface area contributed by atoms with Crippen LogP contribution in [0.2, 0.25) is 0 Å². The van der Waals surface area contributed by atoms with E-state index in [9.17, 15) is 9.59 Å². The van der Waals surface area contributed by atoms with Gasteiger partial charge in [-0.15, -0.1) is 6.58 Å². The van der Waals surface area contributed by atoms with Crippen LogP contribution in [-0.2, 0) is 20.9 Å². The van der Waals surface area contributed by atoms with Gasteiger partial charge in [0.1, 0.15) is 11.6 Å². The highest BCUT2D eigenvalue weighted by atomic mass is 16.5. The average molecular weight is 342 g/mol. The monoisotopic (exact) mass is 342 g/mol. The van der Waals surface area contributed by atoms with Crippen molar-refractivity contribution in [2.45, 2.75) is 53.1 Å². The summed E-state index contributed by atoms with van der Waals surface area (Å²) in [5.74, 6) is 0.599. The van der Waals surface area contributed by atoms with Crippen LogP contribution in [0.15, 0.2) is 43.0 Å². The minimum Gasteiger partial charge on any atom is -0.376 e. The van der Waals surface area contributed by atoms with Crippen LogP contribution in [0, 0.1) is 16.7 Å². The van der Waals surface area contributed by atoms with Gasteiger partial charge in [-0.3, -0.25) is 4.79 Å². The second kappa shape index (κ2) is 8.09. The average Bonchev–Trinajstić information content (AvgIpc) is 2.61. The van der Waals surface area contributed by atoms with Gasteiger partial charge >= 0.3 is 0 Å².